The quantitative estimate of drug-likeness (QED) is 0.678. The van der Waals surface area contributed by atoms with E-state index in [0.717, 1.165) is 54.6 Å². The molecule has 3 aromatic rings. The van der Waals surface area contributed by atoms with Gasteiger partial charge in [-0.25, -0.2) is 4.79 Å². The van der Waals surface area contributed by atoms with E-state index >= 15 is 0 Å². The predicted molar refractivity (Wildman–Crippen MR) is 112 cm³/mol. The molecule has 2 aliphatic heterocycles. The predicted octanol–water partition coefficient (Wildman–Crippen LogP) is 4.74. The molecule has 2 aliphatic rings. The van der Waals surface area contributed by atoms with Gasteiger partial charge in [-0.3, -0.25) is 4.90 Å². The molecule has 29 heavy (non-hydrogen) atoms. The Morgan fingerprint density at radius 3 is 2.83 bits per heavy atom. The maximum absolute atomic E-state index is 11.9. The number of fused-ring (bicyclic) bond motifs is 4. The first-order chi connectivity index (χ1) is 14.0. The number of nitrogens with zero attached hydrogens (tertiary/aromatic N) is 1. The maximum Gasteiger partial charge on any atom is 0.338 e. The smallest absolute Gasteiger partial charge is 0.338 e. The summed E-state index contributed by atoms with van der Waals surface area (Å²) in [5.41, 5.74) is 3.89. The Hall–Kier alpha value is -2.79. The fourth-order valence-electron chi connectivity index (χ4n) is 5.26. The monoisotopic (exact) mass is 390 g/mol. The van der Waals surface area contributed by atoms with Crippen LogP contribution < -0.4 is 4.74 Å². The van der Waals surface area contributed by atoms with Crippen LogP contribution in [-0.4, -0.2) is 33.2 Å². The lowest BCUT2D eigenvalue weighted by molar-refractivity contribution is -0.150. The highest BCUT2D eigenvalue weighted by Crippen LogP contribution is 2.47. The topological polar surface area (TPSA) is 65.6 Å². The Morgan fingerprint density at radius 1 is 1.28 bits per heavy atom. The third-order valence-electron chi connectivity index (χ3n) is 6.78. The van der Waals surface area contributed by atoms with E-state index < -0.39 is 5.97 Å². The third kappa shape index (κ3) is 2.84. The first-order valence-corrected chi connectivity index (χ1v) is 10.3. The van der Waals surface area contributed by atoms with Crippen molar-refractivity contribution in [2.24, 2.45) is 5.92 Å². The average molecular weight is 390 g/mol. The average Bonchev–Trinajstić information content (AvgIpc) is 3.04. The van der Waals surface area contributed by atoms with Gasteiger partial charge in [0.05, 0.1) is 5.56 Å². The van der Waals surface area contributed by atoms with Crippen LogP contribution in [0.2, 0.25) is 0 Å². The number of carbonyl (C=O) groups is 1. The van der Waals surface area contributed by atoms with Gasteiger partial charge in [0.15, 0.2) is 5.72 Å². The molecule has 2 unspecified atom stereocenters. The molecule has 0 aliphatic carbocycles. The third-order valence-corrected chi connectivity index (χ3v) is 6.78. The van der Waals surface area contributed by atoms with Crippen molar-refractivity contribution in [2.45, 2.75) is 45.4 Å². The number of aromatic nitrogens is 1. The highest BCUT2D eigenvalue weighted by atomic mass is 16.5. The fourth-order valence-corrected chi connectivity index (χ4v) is 5.26. The number of aromatic amines is 1. The molecule has 2 N–H and O–H groups in total. The van der Waals surface area contributed by atoms with Crippen molar-refractivity contribution in [1.82, 2.24) is 9.88 Å². The second-order valence-corrected chi connectivity index (χ2v) is 8.50. The molecule has 5 heteroatoms. The molecule has 0 radical (unpaired) electrons. The molecule has 2 aromatic carbocycles. The van der Waals surface area contributed by atoms with Crippen molar-refractivity contribution >= 4 is 16.9 Å². The zero-order chi connectivity index (χ0) is 20.2. The minimum Gasteiger partial charge on any atom is -0.478 e. The zero-order valence-corrected chi connectivity index (χ0v) is 16.9. The van der Waals surface area contributed by atoms with Gasteiger partial charge in [-0.2, -0.15) is 0 Å². The normalized spacial score (nSPS) is 24.0. The summed E-state index contributed by atoms with van der Waals surface area (Å²) in [6.45, 7) is 5.89. The number of aromatic carboxylic acids is 1. The molecule has 0 bridgehead atoms. The van der Waals surface area contributed by atoms with Crippen LogP contribution in [0.4, 0.5) is 0 Å². The molecular weight excluding hydrogens is 364 g/mol. The van der Waals surface area contributed by atoms with Crippen molar-refractivity contribution in [3.63, 3.8) is 0 Å². The minimum absolute atomic E-state index is 0.329. The first kappa shape index (κ1) is 18.3. The van der Waals surface area contributed by atoms with Gasteiger partial charge >= 0.3 is 5.97 Å². The molecule has 0 spiro atoms. The number of benzene rings is 2. The second-order valence-electron chi connectivity index (χ2n) is 8.50. The van der Waals surface area contributed by atoms with Crippen molar-refractivity contribution < 1.29 is 14.6 Å². The molecule has 0 amide bonds. The van der Waals surface area contributed by atoms with Crippen LogP contribution in [0.25, 0.3) is 10.9 Å². The highest BCUT2D eigenvalue weighted by Gasteiger charge is 2.48. The minimum atomic E-state index is -0.884. The van der Waals surface area contributed by atoms with E-state index in [1.807, 2.05) is 25.1 Å². The number of piperidine rings is 1. The van der Waals surface area contributed by atoms with Gasteiger partial charge in [-0.15, -0.1) is 0 Å². The summed E-state index contributed by atoms with van der Waals surface area (Å²) < 4.78 is 6.68. The lowest BCUT2D eigenvalue weighted by atomic mass is 9.78. The van der Waals surface area contributed by atoms with Crippen molar-refractivity contribution in [1.29, 1.82) is 0 Å². The summed E-state index contributed by atoms with van der Waals surface area (Å²) >= 11 is 0. The molecular formula is C24H26N2O3. The molecule has 0 saturated carbocycles. The molecule has 3 heterocycles. The maximum atomic E-state index is 11.9. The van der Waals surface area contributed by atoms with E-state index in [9.17, 15) is 9.90 Å². The summed E-state index contributed by atoms with van der Waals surface area (Å²) in [5.74, 6) is 0.262. The number of ether oxygens (including phenoxy) is 1. The standard InChI is InChI=1S/C24H26N2O3/c1-15-21(23(27)28)22-18-13-17-9-6-12-26(14-16-7-4-3-5-8-16)24(17,2)29-20(18)11-10-19(22)25-15/h3-5,7-8,10-11,17,25H,6,9,12-14H2,1-2H3,(H,27,28). The Labute approximate surface area is 170 Å². The molecule has 1 fully saturated rings. The number of hydrogen-bond acceptors (Lipinski definition) is 3. The van der Waals surface area contributed by atoms with Gasteiger partial charge in [0.2, 0.25) is 0 Å². The van der Waals surface area contributed by atoms with Crippen LogP contribution in [0.3, 0.4) is 0 Å². The fraction of sp³-hybridized carbons (Fsp3) is 0.375. The number of carboxylic acids is 1. The van der Waals surface area contributed by atoms with E-state index in [0.29, 0.717) is 17.2 Å². The van der Waals surface area contributed by atoms with Crippen molar-refractivity contribution in [3.05, 3.63) is 64.8 Å². The van der Waals surface area contributed by atoms with E-state index in [2.05, 4.69) is 41.1 Å². The SMILES string of the molecule is Cc1[nH]c2ccc3c(c2c1C(=O)O)CC1CCCN(Cc2ccccc2)C1(C)O3. The number of H-pyrrole nitrogens is 1. The number of carboxylic acid groups (broad SMARTS) is 1. The molecule has 150 valence electrons. The summed E-state index contributed by atoms with van der Waals surface area (Å²) in [6.07, 6.45) is 3.05. The van der Waals surface area contributed by atoms with Crippen LogP contribution in [0.15, 0.2) is 42.5 Å². The number of aryl methyl sites for hydroxylation is 1. The zero-order valence-electron chi connectivity index (χ0n) is 16.9. The Balaban J connectivity index is 1.57. The van der Waals surface area contributed by atoms with Crippen molar-refractivity contribution in [2.75, 3.05) is 6.54 Å². The van der Waals surface area contributed by atoms with Gasteiger partial charge in [0.1, 0.15) is 5.75 Å². The largest absolute Gasteiger partial charge is 0.478 e. The van der Waals surface area contributed by atoms with Gasteiger partial charge in [-0.05, 0) is 50.8 Å². The summed E-state index contributed by atoms with van der Waals surface area (Å²) in [5, 5.41) is 10.6. The number of hydrogen-bond donors (Lipinski definition) is 2. The van der Waals surface area contributed by atoms with Crippen LogP contribution >= 0.6 is 0 Å². The highest BCUT2D eigenvalue weighted by molar-refractivity contribution is 6.06. The van der Waals surface area contributed by atoms with E-state index in [1.165, 1.54) is 5.56 Å². The van der Waals surface area contributed by atoms with E-state index in [1.54, 1.807) is 0 Å². The van der Waals surface area contributed by atoms with Crippen LogP contribution in [0, 0.1) is 12.8 Å². The molecule has 1 saturated heterocycles. The van der Waals surface area contributed by atoms with E-state index in [-0.39, 0.29) is 5.72 Å². The summed E-state index contributed by atoms with van der Waals surface area (Å²) in [7, 11) is 0. The van der Waals surface area contributed by atoms with E-state index in [4.69, 9.17) is 4.74 Å². The molecule has 5 rings (SSSR count). The molecule has 1 aromatic heterocycles. The first-order valence-electron chi connectivity index (χ1n) is 10.3. The van der Waals surface area contributed by atoms with Crippen molar-refractivity contribution in [3.8, 4) is 5.75 Å². The van der Waals surface area contributed by atoms with Crippen LogP contribution in [-0.2, 0) is 13.0 Å². The summed E-state index contributed by atoms with van der Waals surface area (Å²) in [6, 6.07) is 14.5. The lowest BCUT2D eigenvalue weighted by Gasteiger charge is -2.52. The van der Waals surface area contributed by atoms with Crippen LogP contribution in [0.1, 0.15) is 46.9 Å². The van der Waals surface area contributed by atoms with Crippen LogP contribution in [0.5, 0.6) is 5.75 Å². The Morgan fingerprint density at radius 2 is 2.07 bits per heavy atom. The van der Waals surface area contributed by atoms with Gasteiger partial charge in [-0.1, -0.05) is 30.3 Å². The van der Waals surface area contributed by atoms with Gasteiger partial charge in [0, 0.05) is 41.2 Å². The van der Waals surface area contributed by atoms with Gasteiger partial charge in [0.25, 0.3) is 0 Å². The second kappa shape index (κ2) is 6.63. The number of nitrogens with one attached hydrogen (secondary N) is 1. The molecule has 5 nitrogen and oxygen atoms in total. The van der Waals surface area contributed by atoms with Gasteiger partial charge < -0.3 is 14.8 Å². The molecule has 2 atom stereocenters. The lowest BCUT2D eigenvalue weighted by Crippen LogP contribution is -2.60. The number of likely N-dealkylation sites (tertiary alicyclic amines) is 1. The summed E-state index contributed by atoms with van der Waals surface area (Å²) in [4.78, 5) is 17.6. The number of rotatable bonds is 3. The Kier molecular flexibility index (Phi) is 4.17. The Bertz CT molecular complexity index is 1090.